The third-order valence-electron chi connectivity index (χ3n) is 2.81. The first-order chi connectivity index (χ1) is 8.33. The van der Waals surface area contributed by atoms with Gasteiger partial charge in [0.1, 0.15) is 0 Å². The van der Waals surface area contributed by atoms with Crippen LogP contribution in [0.3, 0.4) is 0 Å². The van der Waals surface area contributed by atoms with E-state index in [1.54, 1.807) is 12.1 Å². The molecule has 1 aromatic rings. The van der Waals surface area contributed by atoms with Gasteiger partial charge in [0.05, 0.1) is 6.54 Å². The van der Waals surface area contributed by atoms with Crippen LogP contribution in [0.25, 0.3) is 0 Å². The van der Waals surface area contributed by atoms with Crippen LogP contribution in [-0.2, 0) is 6.54 Å². The van der Waals surface area contributed by atoms with Crippen molar-refractivity contribution in [2.45, 2.75) is 31.6 Å². The van der Waals surface area contributed by atoms with Gasteiger partial charge in [0.25, 0.3) is 0 Å². The molecule has 0 aromatic heterocycles. The highest BCUT2D eigenvalue weighted by Gasteiger charge is 2.37. The summed E-state index contributed by atoms with van der Waals surface area (Å²) in [5.41, 5.74) is 7.15. The van der Waals surface area contributed by atoms with Gasteiger partial charge in [-0.1, -0.05) is 0 Å². The molecule has 1 fully saturated rings. The third-order valence-corrected chi connectivity index (χ3v) is 3.43. The van der Waals surface area contributed by atoms with Crippen molar-refractivity contribution in [3.05, 3.63) is 27.3 Å². The van der Waals surface area contributed by atoms with Gasteiger partial charge < -0.3 is 5.73 Å². The number of nitrogens with two attached hydrogens (primary N) is 1. The van der Waals surface area contributed by atoms with Crippen LogP contribution >= 0.6 is 22.6 Å². The molecule has 2 N–H and O–H groups in total. The molecule has 0 bridgehead atoms. The molecule has 2 rings (SSSR count). The third kappa shape index (κ3) is 4.31. The average Bonchev–Trinajstić information content (AvgIpc) is 2.94. The van der Waals surface area contributed by atoms with Crippen LogP contribution in [0, 0.1) is 3.57 Å². The molecule has 0 atom stereocenters. The Morgan fingerprint density at radius 1 is 1.28 bits per heavy atom. The van der Waals surface area contributed by atoms with Crippen molar-refractivity contribution in [2.24, 2.45) is 0 Å². The van der Waals surface area contributed by atoms with E-state index in [1.165, 1.54) is 4.90 Å². The van der Waals surface area contributed by atoms with E-state index in [4.69, 9.17) is 5.73 Å². The molecule has 0 heterocycles. The van der Waals surface area contributed by atoms with Crippen molar-refractivity contribution < 1.29 is 13.2 Å². The molecule has 0 saturated heterocycles. The van der Waals surface area contributed by atoms with Crippen molar-refractivity contribution in [1.82, 2.24) is 4.90 Å². The molecule has 1 saturated carbocycles. The van der Waals surface area contributed by atoms with Crippen LogP contribution < -0.4 is 5.73 Å². The van der Waals surface area contributed by atoms with Gasteiger partial charge in [-0.2, -0.15) is 13.2 Å². The quantitative estimate of drug-likeness (QED) is 0.650. The smallest absolute Gasteiger partial charge is 0.399 e. The molecule has 0 radical (unpaired) electrons. The van der Waals surface area contributed by atoms with E-state index in [0.29, 0.717) is 12.2 Å². The predicted octanol–water partition coefficient (Wildman–Crippen LogP) is 3.40. The van der Waals surface area contributed by atoms with Crippen LogP contribution in [0.4, 0.5) is 18.9 Å². The van der Waals surface area contributed by atoms with Crippen molar-refractivity contribution in [1.29, 1.82) is 0 Å². The van der Waals surface area contributed by atoms with E-state index in [1.807, 2.05) is 6.07 Å². The molecule has 1 aliphatic rings. The Hall–Kier alpha value is -0.500. The standard InChI is InChI=1S/C12H14F3IN2/c13-12(14,15)7-18(11-1-2-11)6-8-3-9(16)5-10(17)4-8/h3-5,11H,1-2,6-7,17H2. The number of benzene rings is 1. The molecule has 0 unspecified atom stereocenters. The summed E-state index contributed by atoms with van der Waals surface area (Å²) < 4.78 is 38.4. The van der Waals surface area contributed by atoms with Crippen LogP contribution in [-0.4, -0.2) is 23.7 Å². The van der Waals surface area contributed by atoms with Crippen LogP contribution in [0.5, 0.6) is 0 Å². The highest BCUT2D eigenvalue weighted by molar-refractivity contribution is 14.1. The zero-order valence-electron chi connectivity index (χ0n) is 9.67. The summed E-state index contributed by atoms with van der Waals surface area (Å²) >= 11 is 2.12. The summed E-state index contributed by atoms with van der Waals surface area (Å²) in [6.07, 6.45) is -2.43. The Morgan fingerprint density at radius 3 is 2.44 bits per heavy atom. The molecule has 2 nitrogen and oxygen atoms in total. The van der Waals surface area contributed by atoms with E-state index in [2.05, 4.69) is 22.6 Å². The number of nitrogen functional groups attached to an aromatic ring is 1. The molecule has 1 aliphatic carbocycles. The monoisotopic (exact) mass is 370 g/mol. The molecular weight excluding hydrogens is 356 g/mol. The fourth-order valence-electron chi connectivity index (χ4n) is 1.99. The number of nitrogens with zero attached hydrogens (tertiary/aromatic N) is 1. The second-order valence-corrected chi connectivity index (χ2v) is 5.89. The van der Waals surface area contributed by atoms with E-state index >= 15 is 0 Å². The minimum atomic E-state index is -4.14. The summed E-state index contributed by atoms with van der Waals surface area (Å²) in [4.78, 5) is 1.49. The number of anilines is 1. The molecule has 0 spiro atoms. The van der Waals surface area contributed by atoms with Gasteiger partial charge in [0.15, 0.2) is 0 Å². The minimum Gasteiger partial charge on any atom is -0.399 e. The second kappa shape index (κ2) is 5.24. The molecule has 100 valence electrons. The zero-order chi connectivity index (χ0) is 13.3. The number of hydrogen-bond acceptors (Lipinski definition) is 2. The molecule has 0 amide bonds. The van der Waals surface area contributed by atoms with Gasteiger partial charge in [-0.05, 0) is 59.2 Å². The van der Waals surface area contributed by atoms with Crippen molar-refractivity contribution >= 4 is 28.3 Å². The summed E-state index contributed by atoms with van der Waals surface area (Å²) in [5, 5.41) is 0. The van der Waals surface area contributed by atoms with E-state index in [0.717, 1.165) is 22.0 Å². The van der Waals surface area contributed by atoms with Crippen molar-refractivity contribution in [3.8, 4) is 0 Å². The number of hydrogen-bond donors (Lipinski definition) is 1. The van der Waals surface area contributed by atoms with Crippen molar-refractivity contribution in [3.63, 3.8) is 0 Å². The first-order valence-electron chi connectivity index (χ1n) is 5.69. The normalized spacial score (nSPS) is 16.3. The van der Waals surface area contributed by atoms with Crippen molar-refractivity contribution in [2.75, 3.05) is 12.3 Å². The number of alkyl halides is 3. The minimum absolute atomic E-state index is 0.0747. The highest BCUT2D eigenvalue weighted by Crippen LogP contribution is 2.31. The lowest BCUT2D eigenvalue weighted by Gasteiger charge is -2.23. The number of halogens is 4. The van der Waals surface area contributed by atoms with E-state index < -0.39 is 12.7 Å². The maximum absolute atomic E-state index is 12.5. The second-order valence-electron chi connectivity index (χ2n) is 4.64. The summed E-state index contributed by atoms with van der Waals surface area (Å²) in [6.45, 7) is -0.533. The Bertz CT molecular complexity index is 410. The first kappa shape index (κ1) is 13.9. The average molecular weight is 370 g/mol. The van der Waals surface area contributed by atoms with Crippen LogP contribution in [0.15, 0.2) is 18.2 Å². The van der Waals surface area contributed by atoms with Crippen LogP contribution in [0.1, 0.15) is 18.4 Å². The highest BCUT2D eigenvalue weighted by atomic mass is 127. The Balaban J connectivity index is 2.08. The largest absolute Gasteiger partial charge is 0.401 e. The fourth-order valence-corrected chi connectivity index (χ4v) is 2.74. The topological polar surface area (TPSA) is 29.3 Å². The molecular formula is C12H14F3IN2. The summed E-state index contributed by atoms with van der Waals surface area (Å²) in [5.74, 6) is 0. The van der Waals surface area contributed by atoms with E-state index in [9.17, 15) is 13.2 Å². The van der Waals surface area contributed by atoms with Crippen LogP contribution in [0.2, 0.25) is 0 Å². The zero-order valence-corrected chi connectivity index (χ0v) is 11.8. The maximum atomic E-state index is 12.5. The SMILES string of the molecule is Nc1cc(I)cc(CN(CC(F)(F)F)C2CC2)c1. The molecule has 18 heavy (non-hydrogen) atoms. The van der Waals surface area contributed by atoms with Gasteiger partial charge in [-0.15, -0.1) is 0 Å². The fraction of sp³-hybridized carbons (Fsp3) is 0.500. The Morgan fingerprint density at radius 2 is 1.94 bits per heavy atom. The lowest BCUT2D eigenvalue weighted by Crippen LogP contribution is -2.35. The first-order valence-corrected chi connectivity index (χ1v) is 6.77. The summed E-state index contributed by atoms with van der Waals surface area (Å²) in [6, 6.07) is 5.50. The maximum Gasteiger partial charge on any atom is 0.401 e. The van der Waals surface area contributed by atoms with Gasteiger partial charge in [-0.25, -0.2) is 0 Å². The van der Waals surface area contributed by atoms with Gasteiger partial charge in [-0.3, -0.25) is 4.90 Å². The van der Waals surface area contributed by atoms with E-state index in [-0.39, 0.29) is 6.04 Å². The molecule has 0 aliphatic heterocycles. The predicted molar refractivity (Wildman–Crippen MR) is 73.1 cm³/mol. The van der Waals surface area contributed by atoms with Gasteiger partial charge in [0.2, 0.25) is 0 Å². The van der Waals surface area contributed by atoms with Gasteiger partial charge in [0, 0.05) is 21.8 Å². The lowest BCUT2D eigenvalue weighted by atomic mass is 10.2. The molecule has 6 heteroatoms. The molecule has 1 aromatic carbocycles. The lowest BCUT2D eigenvalue weighted by molar-refractivity contribution is -0.148. The number of rotatable bonds is 4. The summed E-state index contributed by atoms with van der Waals surface area (Å²) in [7, 11) is 0. The Labute approximate surface area is 117 Å². The van der Waals surface area contributed by atoms with Gasteiger partial charge >= 0.3 is 6.18 Å². The Kier molecular flexibility index (Phi) is 4.05.